The Balaban J connectivity index is 1.58. The quantitative estimate of drug-likeness (QED) is 0.295. The average molecular weight is 600 g/mol. The van der Waals surface area contributed by atoms with Gasteiger partial charge in [0.05, 0.1) is 6.61 Å². The van der Waals surface area contributed by atoms with E-state index in [-0.39, 0.29) is 11.1 Å². The van der Waals surface area contributed by atoms with Crippen molar-refractivity contribution in [1.82, 2.24) is 14.0 Å². The van der Waals surface area contributed by atoms with Crippen LogP contribution < -0.4 is 15.7 Å². The second kappa shape index (κ2) is 13.1. The monoisotopic (exact) mass is 599 g/mol. The number of carbonyl (C=O) groups is 1. The second-order valence-electron chi connectivity index (χ2n) is 9.85. The van der Waals surface area contributed by atoms with Crippen molar-refractivity contribution in [3.8, 4) is 11.8 Å². The van der Waals surface area contributed by atoms with Crippen LogP contribution in [0.3, 0.4) is 0 Å². The Morgan fingerprint density at radius 3 is 2.45 bits per heavy atom. The smallest absolute Gasteiger partial charge is 0.347 e. The largest absolute Gasteiger partial charge is 0.356 e. The zero-order valence-corrected chi connectivity index (χ0v) is 24.8. The summed E-state index contributed by atoms with van der Waals surface area (Å²) in [5, 5.41) is 14.0. The molecule has 1 aromatic heterocycles. The molecule has 42 heavy (non-hydrogen) atoms. The molecule has 9 nitrogen and oxygen atoms in total. The molecule has 1 saturated heterocycles. The van der Waals surface area contributed by atoms with Gasteiger partial charge in [0.15, 0.2) is 10.3 Å². The number of anilines is 2. The number of para-hydroxylation sites is 2. The highest BCUT2D eigenvalue weighted by Gasteiger charge is 2.29. The first-order valence-corrected chi connectivity index (χ1v) is 14.2. The molecule has 5 rings (SSSR count). The molecule has 1 N–H and O–H groups in total. The number of carbonyl (C=O) groups excluding carboxylic acids is 1. The summed E-state index contributed by atoms with van der Waals surface area (Å²) in [6, 6.07) is 28.1. The molecule has 3 aromatic carbocycles. The molecule has 0 saturated carbocycles. The van der Waals surface area contributed by atoms with Crippen LogP contribution >= 0.6 is 23.8 Å². The van der Waals surface area contributed by atoms with Crippen LogP contribution in [0.4, 0.5) is 16.3 Å². The van der Waals surface area contributed by atoms with E-state index in [0.717, 1.165) is 24.3 Å². The molecule has 2 amide bonds. The molecular weight excluding hydrogens is 570 g/mol. The van der Waals surface area contributed by atoms with Gasteiger partial charge in [0.2, 0.25) is 0 Å². The molecule has 1 atom stereocenters. The molecule has 2 heterocycles. The highest BCUT2D eigenvalue weighted by atomic mass is 35.5. The van der Waals surface area contributed by atoms with Gasteiger partial charge in [-0.2, -0.15) is 10.3 Å². The van der Waals surface area contributed by atoms with Gasteiger partial charge in [-0.1, -0.05) is 60.1 Å². The summed E-state index contributed by atoms with van der Waals surface area (Å²) in [5.41, 5.74) is 2.85. The number of nitrogens with zero attached hydrogens (tertiary/aromatic N) is 6. The maximum atomic E-state index is 13.0. The third-order valence-corrected chi connectivity index (χ3v) is 7.74. The van der Waals surface area contributed by atoms with Crippen molar-refractivity contribution in [3.63, 3.8) is 0 Å². The lowest BCUT2D eigenvalue weighted by atomic mass is 10.2. The van der Waals surface area contributed by atoms with Crippen LogP contribution in [0.15, 0.2) is 89.9 Å². The molecule has 1 aliphatic rings. The fourth-order valence-corrected chi connectivity index (χ4v) is 5.30. The van der Waals surface area contributed by atoms with Crippen molar-refractivity contribution in [2.45, 2.75) is 12.8 Å². The Bertz CT molecular complexity index is 1730. The predicted molar refractivity (Wildman–Crippen MR) is 166 cm³/mol. The summed E-state index contributed by atoms with van der Waals surface area (Å²) < 4.78 is 10.00. The van der Waals surface area contributed by atoms with Crippen LogP contribution in [0.25, 0.3) is 5.69 Å². The van der Waals surface area contributed by atoms with Gasteiger partial charge in [-0.25, -0.2) is 4.79 Å². The summed E-state index contributed by atoms with van der Waals surface area (Å²) in [6.07, 6.45) is -0.402. The Labute approximate surface area is 254 Å². The normalized spacial score (nSPS) is 15.7. The third kappa shape index (κ3) is 6.45. The van der Waals surface area contributed by atoms with Crippen molar-refractivity contribution in [3.05, 3.63) is 111 Å². The van der Waals surface area contributed by atoms with Crippen LogP contribution in [-0.2, 0) is 18.3 Å². The number of nitrogens with one attached hydrogen (secondary N) is 1. The van der Waals surface area contributed by atoms with Crippen molar-refractivity contribution in [2.24, 2.45) is 12.0 Å². The second-order valence-corrected chi connectivity index (χ2v) is 10.7. The molecule has 0 radical (unpaired) electrons. The van der Waals surface area contributed by atoms with E-state index >= 15 is 0 Å². The SMILES string of the molecule is CN(c1c(C#N)/c(=N/C(=O)Nc2ccccc2)n(C)c(=S)n1-c1ccccc1)C1CN(Cc2ccc(Cl)cc2)CCO1. The molecule has 4 aromatic rings. The number of benzene rings is 3. The number of ether oxygens (including phenoxy) is 1. The van der Waals surface area contributed by atoms with E-state index in [1.54, 1.807) is 23.7 Å². The first-order valence-electron chi connectivity index (χ1n) is 13.4. The van der Waals surface area contributed by atoms with E-state index in [4.69, 9.17) is 28.6 Å². The van der Waals surface area contributed by atoms with Gasteiger partial charge in [0.25, 0.3) is 0 Å². The summed E-state index contributed by atoms with van der Waals surface area (Å²) in [4.78, 5) is 21.5. The van der Waals surface area contributed by atoms with Gasteiger partial charge in [-0.15, -0.1) is 0 Å². The number of nitriles is 1. The van der Waals surface area contributed by atoms with Crippen molar-refractivity contribution in [1.29, 1.82) is 5.26 Å². The minimum absolute atomic E-state index is 0.152. The van der Waals surface area contributed by atoms with Gasteiger partial charge in [-0.05, 0) is 54.2 Å². The first kappa shape index (κ1) is 29.2. The van der Waals surface area contributed by atoms with Gasteiger partial charge in [0, 0.05) is 50.1 Å². The molecule has 1 unspecified atom stereocenters. The molecule has 11 heteroatoms. The number of halogens is 1. The Morgan fingerprint density at radius 1 is 1.12 bits per heavy atom. The lowest BCUT2D eigenvalue weighted by Crippen LogP contribution is -2.51. The van der Waals surface area contributed by atoms with Gasteiger partial charge >= 0.3 is 6.03 Å². The molecule has 0 bridgehead atoms. The minimum atomic E-state index is -0.614. The van der Waals surface area contributed by atoms with Gasteiger partial charge < -0.3 is 19.5 Å². The van der Waals surface area contributed by atoms with Gasteiger partial charge in [0.1, 0.15) is 23.7 Å². The Hall–Kier alpha value is -4.27. The fraction of sp³-hybridized carbons (Fsp3) is 0.226. The molecule has 214 valence electrons. The molecule has 1 aliphatic heterocycles. The standard InChI is InChI=1S/C31H30ClN7O2S/c1-36(27-21-38(17-18-41-27)20-22-13-15-23(32)16-14-22)29-26(19-33)28(35-30(40)34-24-9-5-3-6-10-24)37(2)31(42)39(29)25-11-7-4-8-12-25/h3-16,27H,17-18,20-21H2,1-2H3,(H,34,40)/b35-28-. The lowest BCUT2D eigenvalue weighted by molar-refractivity contribution is -0.0303. The number of hydrogen-bond donors (Lipinski definition) is 1. The predicted octanol–water partition coefficient (Wildman–Crippen LogP) is 5.50. The van der Waals surface area contributed by atoms with Crippen LogP contribution in [0.2, 0.25) is 5.02 Å². The number of hydrogen-bond acceptors (Lipinski definition) is 6. The minimum Gasteiger partial charge on any atom is -0.356 e. The number of morpholine rings is 1. The Kier molecular flexibility index (Phi) is 9.15. The molecule has 0 aliphatic carbocycles. The Morgan fingerprint density at radius 2 is 1.79 bits per heavy atom. The van der Waals surface area contributed by atoms with Crippen LogP contribution in [-0.4, -0.2) is 53.0 Å². The molecule has 1 fully saturated rings. The summed E-state index contributed by atoms with van der Waals surface area (Å²) in [5.74, 6) is 0.483. The zero-order valence-electron chi connectivity index (χ0n) is 23.3. The highest BCUT2D eigenvalue weighted by molar-refractivity contribution is 7.71. The summed E-state index contributed by atoms with van der Waals surface area (Å²) >= 11 is 12.0. The molecule has 0 spiro atoms. The third-order valence-electron chi connectivity index (χ3n) is 7.03. The summed E-state index contributed by atoms with van der Waals surface area (Å²) in [6.45, 7) is 2.57. The lowest BCUT2D eigenvalue weighted by Gasteiger charge is -2.39. The van der Waals surface area contributed by atoms with Crippen LogP contribution in [0.1, 0.15) is 11.1 Å². The number of rotatable bonds is 6. The number of amides is 2. The average Bonchev–Trinajstić information content (AvgIpc) is 3.01. The maximum Gasteiger partial charge on any atom is 0.347 e. The van der Waals surface area contributed by atoms with E-state index < -0.39 is 12.3 Å². The van der Waals surface area contributed by atoms with E-state index in [9.17, 15) is 10.1 Å². The maximum absolute atomic E-state index is 13.0. The van der Waals surface area contributed by atoms with Crippen LogP contribution in [0, 0.1) is 16.1 Å². The molecular formula is C31H30ClN7O2S. The number of urea groups is 1. The van der Waals surface area contributed by atoms with E-state index in [2.05, 4.69) is 21.3 Å². The number of aromatic nitrogens is 2. The topological polar surface area (TPSA) is 90.8 Å². The van der Waals surface area contributed by atoms with Crippen LogP contribution in [0.5, 0.6) is 0 Å². The van der Waals surface area contributed by atoms with Crippen molar-refractivity contribution < 1.29 is 9.53 Å². The number of likely N-dealkylation sites (N-methyl/N-ethyl adjacent to an activating group) is 1. The van der Waals surface area contributed by atoms with E-state index in [0.29, 0.717) is 34.5 Å². The van der Waals surface area contributed by atoms with Crippen molar-refractivity contribution in [2.75, 3.05) is 37.0 Å². The van der Waals surface area contributed by atoms with E-state index in [1.165, 1.54) is 0 Å². The summed E-state index contributed by atoms with van der Waals surface area (Å²) in [7, 11) is 3.57. The zero-order chi connectivity index (χ0) is 29.6. The van der Waals surface area contributed by atoms with Gasteiger partial charge in [-0.3, -0.25) is 9.47 Å². The first-order chi connectivity index (χ1) is 20.4. The van der Waals surface area contributed by atoms with Crippen molar-refractivity contribution >= 4 is 41.4 Å². The fourth-order valence-electron chi connectivity index (χ4n) is 4.90. The highest BCUT2D eigenvalue weighted by Crippen LogP contribution is 2.26. The van der Waals surface area contributed by atoms with E-state index in [1.807, 2.05) is 89.3 Å².